The van der Waals surface area contributed by atoms with Crippen LogP contribution in [0.3, 0.4) is 0 Å². The quantitative estimate of drug-likeness (QED) is 0.878. The summed E-state index contributed by atoms with van der Waals surface area (Å²) in [5, 5.41) is 1.19. The zero-order chi connectivity index (χ0) is 14.9. The number of rotatable bonds is 2. The van der Waals surface area contributed by atoms with E-state index in [-0.39, 0.29) is 11.3 Å². The number of hydrogen-bond donors (Lipinski definition) is 1. The lowest BCUT2D eigenvalue weighted by Crippen LogP contribution is -2.34. The molecule has 1 aliphatic heterocycles. The molecule has 0 radical (unpaired) electrons. The fourth-order valence-electron chi connectivity index (χ4n) is 2.13. The van der Waals surface area contributed by atoms with Crippen molar-refractivity contribution in [2.24, 2.45) is 5.73 Å². The Balaban J connectivity index is 2.15. The smallest absolute Gasteiger partial charge is 0.323 e. The molecule has 0 aliphatic carbocycles. The van der Waals surface area contributed by atoms with Crippen LogP contribution in [-0.2, 0) is 6.18 Å². The van der Waals surface area contributed by atoms with E-state index in [1.54, 1.807) is 17.8 Å². The maximum absolute atomic E-state index is 12.7. The van der Waals surface area contributed by atoms with Crippen molar-refractivity contribution in [3.63, 3.8) is 0 Å². The van der Waals surface area contributed by atoms with Crippen molar-refractivity contribution in [1.82, 2.24) is 0 Å². The van der Waals surface area contributed by atoms with Gasteiger partial charge in [0.25, 0.3) is 0 Å². The van der Waals surface area contributed by atoms with Crippen LogP contribution in [0, 0.1) is 0 Å². The highest BCUT2D eigenvalue weighted by Crippen LogP contribution is 2.40. The maximum Gasteiger partial charge on any atom is 0.416 e. The molecule has 6 heteroatoms. The second-order valence-corrected chi connectivity index (χ2v) is 8.10. The summed E-state index contributed by atoms with van der Waals surface area (Å²) in [5.74, 6) is 0.883. The Labute approximate surface area is 125 Å². The molecular weight excluding hydrogens is 303 g/mol. The predicted octanol–water partition coefficient (Wildman–Crippen LogP) is 4.33. The molecule has 4 unspecified atom stereocenters. The Morgan fingerprint density at radius 1 is 1.25 bits per heavy atom. The molecule has 1 heterocycles. The van der Waals surface area contributed by atoms with E-state index in [9.17, 15) is 13.2 Å². The van der Waals surface area contributed by atoms with Crippen molar-refractivity contribution in [2.75, 3.05) is 5.75 Å². The van der Waals surface area contributed by atoms with Crippen molar-refractivity contribution < 1.29 is 13.2 Å². The lowest BCUT2D eigenvalue weighted by Gasteiger charge is -2.34. The van der Waals surface area contributed by atoms with E-state index in [0.717, 1.165) is 11.8 Å². The van der Waals surface area contributed by atoms with Crippen molar-refractivity contribution in [2.45, 2.75) is 41.8 Å². The molecule has 2 N–H and O–H groups in total. The molecule has 0 bridgehead atoms. The molecule has 1 aromatic carbocycles. The molecule has 0 aromatic heterocycles. The van der Waals surface area contributed by atoms with Crippen LogP contribution in [0.4, 0.5) is 13.2 Å². The SMILES string of the molecule is CC1SCC(C(N)c2cccc(C(F)(F)F)c2)SC1C. The molecular formula is C14H18F3NS2. The molecule has 1 aromatic rings. The number of alkyl halides is 3. The van der Waals surface area contributed by atoms with E-state index in [0.29, 0.717) is 16.1 Å². The van der Waals surface area contributed by atoms with Gasteiger partial charge in [-0.25, -0.2) is 0 Å². The van der Waals surface area contributed by atoms with Gasteiger partial charge in [-0.3, -0.25) is 0 Å². The van der Waals surface area contributed by atoms with E-state index < -0.39 is 11.7 Å². The summed E-state index contributed by atoms with van der Waals surface area (Å²) < 4.78 is 38.2. The molecule has 0 saturated carbocycles. The number of nitrogens with two attached hydrogens (primary N) is 1. The van der Waals surface area contributed by atoms with Gasteiger partial charge >= 0.3 is 6.18 Å². The summed E-state index contributed by atoms with van der Waals surface area (Å²) in [6, 6.07) is 5.03. The first-order chi connectivity index (χ1) is 9.29. The molecule has 1 aliphatic rings. The van der Waals surface area contributed by atoms with Crippen LogP contribution in [-0.4, -0.2) is 21.5 Å². The topological polar surface area (TPSA) is 26.0 Å². The Bertz CT molecular complexity index is 464. The van der Waals surface area contributed by atoms with Crippen LogP contribution in [0.25, 0.3) is 0 Å². The van der Waals surface area contributed by atoms with Crippen LogP contribution < -0.4 is 5.73 Å². The Kier molecular flexibility index (Phi) is 4.97. The molecule has 112 valence electrons. The van der Waals surface area contributed by atoms with E-state index >= 15 is 0 Å². The predicted molar refractivity (Wildman–Crippen MR) is 81.1 cm³/mol. The summed E-state index contributed by atoms with van der Waals surface area (Å²) in [7, 11) is 0. The van der Waals surface area contributed by atoms with E-state index in [1.807, 2.05) is 11.8 Å². The average Bonchev–Trinajstić information content (AvgIpc) is 2.40. The lowest BCUT2D eigenvalue weighted by molar-refractivity contribution is -0.137. The van der Waals surface area contributed by atoms with Crippen molar-refractivity contribution in [3.05, 3.63) is 35.4 Å². The summed E-state index contributed by atoms with van der Waals surface area (Å²) in [6.07, 6.45) is -4.31. The molecule has 4 atom stereocenters. The van der Waals surface area contributed by atoms with Crippen LogP contribution in [0.1, 0.15) is 31.0 Å². The van der Waals surface area contributed by atoms with Gasteiger partial charge in [-0.2, -0.15) is 36.7 Å². The molecule has 20 heavy (non-hydrogen) atoms. The lowest BCUT2D eigenvalue weighted by atomic mass is 10.0. The second kappa shape index (κ2) is 6.20. The van der Waals surface area contributed by atoms with Crippen LogP contribution >= 0.6 is 23.5 Å². The average molecular weight is 321 g/mol. The highest BCUT2D eigenvalue weighted by Gasteiger charge is 2.33. The van der Waals surface area contributed by atoms with E-state index in [2.05, 4.69) is 13.8 Å². The van der Waals surface area contributed by atoms with Crippen molar-refractivity contribution in [1.29, 1.82) is 0 Å². The number of hydrogen-bond acceptors (Lipinski definition) is 3. The summed E-state index contributed by atoms with van der Waals surface area (Å²) in [5.41, 5.74) is 6.13. The first-order valence-electron chi connectivity index (χ1n) is 6.49. The number of thioether (sulfide) groups is 2. The Morgan fingerprint density at radius 2 is 1.95 bits per heavy atom. The highest BCUT2D eigenvalue weighted by molar-refractivity contribution is 8.07. The van der Waals surface area contributed by atoms with Gasteiger partial charge in [0.15, 0.2) is 0 Å². The summed E-state index contributed by atoms with van der Waals surface area (Å²) in [4.78, 5) is 0. The van der Waals surface area contributed by atoms with E-state index in [1.165, 1.54) is 12.1 Å². The van der Waals surface area contributed by atoms with Crippen molar-refractivity contribution in [3.8, 4) is 0 Å². The molecule has 1 nitrogen and oxygen atoms in total. The van der Waals surface area contributed by atoms with Gasteiger partial charge in [0.2, 0.25) is 0 Å². The Hall–Kier alpha value is -0.330. The fraction of sp³-hybridized carbons (Fsp3) is 0.571. The third kappa shape index (κ3) is 3.65. The molecule has 0 amide bonds. The second-order valence-electron chi connectivity index (χ2n) is 5.07. The highest BCUT2D eigenvalue weighted by atomic mass is 32.2. The first kappa shape index (κ1) is 16.0. The zero-order valence-electron chi connectivity index (χ0n) is 11.4. The monoisotopic (exact) mass is 321 g/mol. The normalized spacial score (nSPS) is 29.2. The fourth-order valence-corrected chi connectivity index (χ4v) is 5.18. The van der Waals surface area contributed by atoms with Gasteiger partial charge in [-0.1, -0.05) is 26.0 Å². The molecule has 1 saturated heterocycles. The van der Waals surface area contributed by atoms with E-state index in [4.69, 9.17) is 5.73 Å². The minimum atomic E-state index is -4.31. The van der Waals surface area contributed by atoms with Gasteiger partial charge < -0.3 is 5.73 Å². The molecule has 1 fully saturated rings. The summed E-state index contributed by atoms with van der Waals surface area (Å²) >= 11 is 3.63. The molecule has 2 rings (SSSR count). The Morgan fingerprint density at radius 3 is 2.55 bits per heavy atom. The zero-order valence-corrected chi connectivity index (χ0v) is 13.0. The molecule has 0 spiro atoms. The van der Waals surface area contributed by atoms with Gasteiger partial charge in [-0.15, -0.1) is 0 Å². The minimum Gasteiger partial charge on any atom is -0.323 e. The number of benzene rings is 1. The minimum absolute atomic E-state index is 0.162. The first-order valence-corrected chi connectivity index (χ1v) is 8.48. The van der Waals surface area contributed by atoms with Gasteiger partial charge in [0.1, 0.15) is 0 Å². The largest absolute Gasteiger partial charge is 0.416 e. The number of halogens is 3. The van der Waals surface area contributed by atoms with Crippen LogP contribution in [0.5, 0.6) is 0 Å². The maximum atomic E-state index is 12.7. The third-order valence-corrected chi connectivity index (χ3v) is 7.09. The van der Waals surface area contributed by atoms with Crippen LogP contribution in [0.2, 0.25) is 0 Å². The van der Waals surface area contributed by atoms with Crippen LogP contribution in [0.15, 0.2) is 24.3 Å². The standard InChI is InChI=1S/C14H18F3NS2/c1-8-9(2)20-12(7-19-8)13(18)10-4-3-5-11(6-10)14(15,16)17/h3-6,8-9,12-13H,7,18H2,1-2H3. The third-order valence-electron chi connectivity index (χ3n) is 3.57. The van der Waals surface area contributed by atoms with Gasteiger partial charge in [0, 0.05) is 27.5 Å². The van der Waals surface area contributed by atoms with Gasteiger partial charge in [-0.05, 0) is 17.7 Å². The van der Waals surface area contributed by atoms with Gasteiger partial charge in [0.05, 0.1) is 5.56 Å². The summed E-state index contributed by atoms with van der Waals surface area (Å²) in [6.45, 7) is 4.32. The van der Waals surface area contributed by atoms with Crippen molar-refractivity contribution >= 4 is 23.5 Å².